The van der Waals surface area contributed by atoms with Crippen LogP contribution >= 0.6 is 11.6 Å². The second-order valence-electron chi connectivity index (χ2n) is 3.96. The lowest BCUT2D eigenvalue weighted by atomic mass is 10.2. The first-order chi connectivity index (χ1) is 9.85. The molecular formula is C14H8ClF3O3. The van der Waals surface area contributed by atoms with Gasteiger partial charge >= 0.3 is 6.36 Å². The van der Waals surface area contributed by atoms with Gasteiger partial charge in [0.15, 0.2) is 0 Å². The lowest BCUT2D eigenvalue weighted by Crippen LogP contribution is -2.17. The molecule has 0 saturated heterocycles. The molecule has 0 fully saturated rings. The largest absolute Gasteiger partial charge is 0.573 e. The molecule has 0 atom stereocenters. The van der Waals surface area contributed by atoms with Crippen molar-refractivity contribution < 1.29 is 27.4 Å². The van der Waals surface area contributed by atoms with Crippen LogP contribution in [0.1, 0.15) is 10.4 Å². The maximum atomic E-state index is 12.2. The molecule has 0 aliphatic rings. The van der Waals surface area contributed by atoms with Gasteiger partial charge in [0, 0.05) is 16.7 Å². The molecule has 0 spiro atoms. The van der Waals surface area contributed by atoms with E-state index < -0.39 is 12.1 Å². The summed E-state index contributed by atoms with van der Waals surface area (Å²) in [7, 11) is 0. The van der Waals surface area contributed by atoms with Crippen molar-refractivity contribution in [2.24, 2.45) is 0 Å². The number of carbonyl (C=O) groups excluding carboxylic acids is 1. The summed E-state index contributed by atoms with van der Waals surface area (Å²) in [5.41, 5.74) is 0.453. The Bertz CT molecular complexity index is 639. The molecule has 2 rings (SSSR count). The van der Waals surface area contributed by atoms with Crippen LogP contribution in [0.2, 0.25) is 5.02 Å². The molecule has 0 aromatic heterocycles. The lowest BCUT2D eigenvalue weighted by Gasteiger charge is -2.11. The Labute approximate surface area is 122 Å². The summed E-state index contributed by atoms with van der Waals surface area (Å²) in [4.78, 5) is 10.5. The minimum absolute atomic E-state index is 0.0382. The zero-order valence-corrected chi connectivity index (χ0v) is 11.1. The quantitative estimate of drug-likeness (QED) is 0.757. The van der Waals surface area contributed by atoms with Crippen molar-refractivity contribution in [2.75, 3.05) is 0 Å². The van der Waals surface area contributed by atoms with Gasteiger partial charge in [-0.3, -0.25) is 4.79 Å². The Balaban J connectivity index is 2.20. The van der Waals surface area contributed by atoms with Gasteiger partial charge in [0.1, 0.15) is 23.5 Å². The summed E-state index contributed by atoms with van der Waals surface area (Å²) in [5.74, 6) is -0.0454. The van der Waals surface area contributed by atoms with Crippen molar-refractivity contribution in [3.63, 3.8) is 0 Å². The van der Waals surface area contributed by atoms with Gasteiger partial charge < -0.3 is 9.47 Å². The van der Waals surface area contributed by atoms with Crippen LogP contribution in [0, 0.1) is 0 Å². The second kappa shape index (κ2) is 6.05. The summed E-state index contributed by atoms with van der Waals surface area (Å²) in [6, 6.07) is 9.48. The Kier molecular flexibility index (Phi) is 4.37. The molecule has 0 bridgehead atoms. The molecule has 2 aromatic carbocycles. The van der Waals surface area contributed by atoms with Gasteiger partial charge in [-0.05, 0) is 36.4 Å². The number of halogens is 4. The fourth-order valence-corrected chi connectivity index (χ4v) is 1.75. The molecule has 3 nitrogen and oxygen atoms in total. The first-order valence-electron chi connectivity index (χ1n) is 5.65. The molecule has 0 saturated carbocycles. The highest BCUT2D eigenvalue weighted by atomic mass is 35.5. The number of hydrogen-bond acceptors (Lipinski definition) is 3. The summed E-state index contributed by atoms with van der Waals surface area (Å²) in [5, 5.41) is 0.0382. The maximum Gasteiger partial charge on any atom is 0.573 e. The number of aldehydes is 1. The Morgan fingerprint density at radius 2 is 1.57 bits per heavy atom. The molecular weight excluding hydrogens is 309 g/mol. The lowest BCUT2D eigenvalue weighted by molar-refractivity contribution is -0.274. The van der Waals surface area contributed by atoms with E-state index in [1.165, 1.54) is 30.3 Å². The first-order valence-corrected chi connectivity index (χ1v) is 6.03. The number of hydrogen-bond donors (Lipinski definition) is 0. The van der Waals surface area contributed by atoms with E-state index in [1.54, 1.807) is 0 Å². The molecule has 0 aliphatic carbocycles. The highest BCUT2D eigenvalue weighted by Crippen LogP contribution is 2.32. The average Bonchev–Trinajstić information content (AvgIpc) is 2.36. The van der Waals surface area contributed by atoms with E-state index in [9.17, 15) is 18.0 Å². The minimum Gasteiger partial charge on any atom is -0.457 e. The van der Waals surface area contributed by atoms with Gasteiger partial charge in [0.05, 0.1) is 0 Å². The van der Waals surface area contributed by atoms with E-state index in [4.69, 9.17) is 16.3 Å². The smallest absolute Gasteiger partial charge is 0.457 e. The van der Waals surface area contributed by atoms with Crippen LogP contribution in [-0.4, -0.2) is 12.6 Å². The molecule has 0 radical (unpaired) electrons. The standard InChI is InChI=1S/C14H8ClF3O3/c15-10-5-12(7-13(6-10)21-14(16,17)18)20-11-3-1-9(8-19)2-4-11/h1-8H. The molecule has 0 amide bonds. The second-order valence-corrected chi connectivity index (χ2v) is 4.40. The van der Waals surface area contributed by atoms with Gasteiger partial charge in [-0.25, -0.2) is 0 Å². The maximum absolute atomic E-state index is 12.2. The third-order valence-corrected chi connectivity index (χ3v) is 2.55. The summed E-state index contributed by atoms with van der Waals surface area (Å²) in [6.45, 7) is 0. The van der Waals surface area contributed by atoms with Crippen molar-refractivity contribution >= 4 is 17.9 Å². The van der Waals surface area contributed by atoms with Crippen LogP contribution in [0.4, 0.5) is 13.2 Å². The van der Waals surface area contributed by atoms with Crippen molar-refractivity contribution in [1.82, 2.24) is 0 Å². The molecule has 0 unspecified atom stereocenters. The van der Waals surface area contributed by atoms with E-state index in [0.717, 1.165) is 12.1 Å². The molecule has 0 aliphatic heterocycles. The predicted octanol–water partition coefficient (Wildman–Crippen LogP) is 4.84. The van der Waals surface area contributed by atoms with E-state index >= 15 is 0 Å². The highest BCUT2D eigenvalue weighted by molar-refractivity contribution is 6.30. The van der Waals surface area contributed by atoms with Crippen LogP contribution < -0.4 is 9.47 Å². The number of rotatable bonds is 4. The summed E-state index contributed by atoms with van der Waals surface area (Å²) >= 11 is 5.72. The highest BCUT2D eigenvalue weighted by Gasteiger charge is 2.31. The molecule has 110 valence electrons. The van der Waals surface area contributed by atoms with Gasteiger partial charge in [-0.2, -0.15) is 0 Å². The fourth-order valence-electron chi connectivity index (χ4n) is 1.54. The van der Waals surface area contributed by atoms with E-state index in [1.807, 2.05) is 0 Å². The summed E-state index contributed by atoms with van der Waals surface area (Å²) < 4.78 is 45.7. The van der Waals surface area contributed by atoms with E-state index in [2.05, 4.69) is 4.74 Å². The Morgan fingerprint density at radius 3 is 2.14 bits per heavy atom. The molecule has 7 heteroatoms. The number of carbonyl (C=O) groups is 1. The average molecular weight is 317 g/mol. The van der Waals surface area contributed by atoms with Crippen molar-refractivity contribution in [2.45, 2.75) is 6.36 Å². The van der Waals surface area contributed by atoms with Gasteiger partial charge in [-0.1, -0.05) is 11.6 Å². The van der Waals surface area contributed by atoms with Crippen LogP contribution in [0.25, 0.3) is 0 Å². The third-order valence-electron chi connectivity index (χ3n) is 2.33. The Morgan fingerprint density at radius 1 is 0.952 bits per heavy atom. The molecule has 21 heavy (non-hydrogen) atoms. The third kappa shape index (κ3) is 4.68. The summed E-state index contributed by atoms with van der Waals surface area (Å²) in [6.07, 6.45) is -4.15. The van der Waals surface area contributed by atoms with Crippen LogP contribution in [0.15, 0.2) is 42.5 Å². The van der Waals surface area contributed by atoms with Crippen LogP contribution in [0.5, 0.6) is 17.2 Å². The van der Waals surface area contributed by atoms with Gasteiger partial charge in [-0.15, -0.1) is 13.2 Å². The predicted molar refractivity (Wildman–Crippen MR) is 70.0 cm³/mol. The van der Waals surface area contributed by atoms with Crippen molar-refractivity contribution in [1.29, 1.82) is 0 Å². The number of benzene rings is 2. The monoisotopic (exact) mass is 316 g/mol. The molecule has 2 aromatic rings. The number of alkyl halides is 3. The topological polar surface area (TPSA) is 35.5 Å². The fraction of sp³-hybridized carbons (Fsp3) is 0.0714. The molecule has 0 N–H and O–H groups in total. The van der Waals surface area contributed by atoms with Crippen LogP contribution in [0.3, 0.4) is 0 Å². The van der Waals surface area contributed by atoms with Gasteiger partial charge in [0.25, 0.3) is 0 Å². The van der Waals surface area contributed by atoms with Crippen molar-refractivity contribution in [3.8, 4) is 17.2 Å². The normalized spacial score (nSPS) is 11.0. The molecule has 0 heterocycles. The minimum atomic E-state index is -4.81. The van der Waals surface area contributed by atoms with E-state index in [0.29, 0.717) is 17.6 Å². The van der Waals surface area contributed by atoms with Gasteiger partial charge in [0.2, 0.25) is 0 Å². The SMILES string of the molecule is O=Cc1ccc(Oc2cc(Cl)cc(OC(F)(F)F)c2)cc1. The van der Waals surface area contributed by atoms with E-state index in [-0.39, 0.29) is 10.8 Å². The first kappa shape index (κ1) is 15.2. The van der Waals surface area contributed by atoms with Crippen LogP contribution in [-0.2, 0) is 0 Å². The zero-order chi connectivity index (χ0) is 15.5. The Hall–Kier alpha value is -2.21. The zero-order valence-electron chi connectivity index (χ0n) is 10.4. The van der Waals surface area contributed by atoms with Crippen molar-refractivity contribution in [3.05, 3.63) is 53.1 Å². The number of ether oxygens (including phenoxy) is 2.